The zero-order valence-corrected chi connectivity index (χ0v) is 23.1. The number of hydrogen-bond donors (Lipinski definition) is 4. The fourth-order valence-corrected chi connectivity index (χ4v) is 5.61. The zero-order valence-electron chi connectivity index (χ0n) is 22.3. The van der Waals surface area contributed by atoms with Gasteiger partial charge in [0.25, 0.3) is 0 Å². The highest BCUT2D eigenvalue weighted by Crippen LogP contribution is 2.40. The van der Waals surface area contributed by atoms with Gasteiger partial charge in [-0.1, -0.05) is 41.9 Å². The van der Waals surface area contributed by atoms with Crippen molar-refractivity contribution < 1.29 is 34.4 Å². The van der Waals surface area contributed by atoms with Crippen LogP contribution in [0.4, 0.5) is 0 Å². The molecule has 2 aromatic carbocycles. The van der Waals surface area contributed by atoms with Crippen molar-refractivity contribution in [3.8, 4) is 0 Å². The van der Waals surface area contributed by atoms with E-state index in [2.05, 4.69) is 29.6 Å². The molecule has 0 unspecified atom stereocenters. The van der Waals surface area contributed by atoms with Gasteiger partial charge in [-0.2, -0.15) is 0 Å². The number of amides is 1. The highest BCUT2D eigenvalue weighted by molar-refractivity contribution is 6.35. The van der Waals surface area contributed by atoms with Gasteiger partial charge in [-0.05, 0) is 60.9 Å². The molecule has 5 atom stereocenters. The topological polar surface area (TPSA) is 130 Å². The Hall–Kier alpha value is -2.95. The molecule has 1 aliphatic heterocycles. The van der Waals surface area contributed by atoms with Crippen LogP contribution in [0.15, 0.2) is 48.7 Å². The number of halogens is 1. The number of carbonyl (C=O) groups excluding carboxylic acids is 2. The monoisotopic (exact) mass is 570 g/mol. The van der Waals surface area contributed by atoms with Crippen LogP contribution in [-0.4, -0.2) is 69.3 Å². The second-order valence-electron chi connectivity index (χ2n) is 10.5. The SMILES string of the molecule is CCOC(=O)CCC(=O)NC[C@H]1O[C@@H](n2cc(Cc3ccc(C4CC4)cc3)c3c(Cl)cccc32)[C@H](O)[C@@H](O)[C@@H]1O. The molecule has 0 bridgehead atoms. The van der Waals surface area contributed by atoms with Gasteiger partial charge in [0.15, 0.2) is 6.23 Å². The van der Waals surface area contributed by atoms with Crippen molar-refractivity contribution in [1.29, 1.82) is 0 Å². The summed E-state index contributed by atoms with van der Waals surface area (Å²) >= 11 is 6.64. The Balaban J connectivity index is 1.35. The Morgan fingerprint density at radius 2 is 1.80 bits per heavy atom. The molecule has 1 saturated carbocycles. The van der Waals surface area contributed by atoms with Crippen LogP contribution in [-0.2, 0) is 25.5 Å². The molecule has 0 radical (unpaired) electrons. The Labute approximate surface area is 237 Å². The highest BCUT2D eigenvalue weighted by Gasteiger charge is 2.45. The predicted molar refractivity (Wildman–Crippen MR) is 149 cm³/mol. The first-order valence-electron chi connectivity index (χ1n) is 13.8. The Kier molecular flexibility index (Phi) is 8.77. The molecule has 40 heavy (non-hydrogen) atoms. The summed E-state index contributed by atoms with van der Waals surface area (Å²) in [5.41, 5.74) is 4.11. The fraction of sp³-hybridized carbons (Fsp3) is 0.467. The fourth-order valence-electron chi connectivity index (χ4n) is 5.32. The van der Waals surface area contributed by atoms with Crippen LogP contribution in [0.1, 0.15) is 61.4 Å². The normalized spacial score (nSPS) is 24.7. The molecule has 2 heterocycles. The summed E-state index contributed by atoms with van der Waals surface area (Å²) in [5, 5.41) is 36.2. The van der Waals surface area contributed by atoms with Gasteiger partial charge in [0.1, 0.15) is 24.4 Å². The average Bonchev–Trinajstić information content (AvgIpc) is 3.73. The number of ether oxygens (including phenoxy) is 2. The lowest BCUT2D eigenvalue weighted by atomic mass is 9.97. The first-order valence-corrected chi connectivity index (χ1v) is 14.1. The molecule has 0 spiro atoms. The molecular formula is C30H35ClN2O7. The van der Waals surface area contributed by atoms with Crippen LogP contribution in [0.3, 0.4) is 0 Å². The summed E-state index contributed by atoms with van der Waals surface area (Å²) < 4.78 is 12.7. The number of aliphatic hydroxyl groups excluding tert-OH is 3. The Morgan fingerprint density at radius 1 is 1.05 bits per heavy atom. The number of nitrogens with zero attached hydrogens (tertiary/aromatic N) is 1. The van der Waals surface area contributed by atoms with Crippen LogP contribution >= 0.6 is 11.6 Å². The van der Waals surface area contributed by atoms with E-state index in [4.69, 9.17) is 21.1 Å². The summed E-state index contributed by atoms with van der Waals surface area (Å²) in [6, 6.07) is 14.1. The number of fused-ring (bicyclic) bond motifs is 1. The average molecular weight is 571 g/mol. The minimum Gasteiger partial charge on any atom is -0.466 e. The molecule has 2 fully saturated rings. The predicted octanol–water partition coefficient (Wildman–Crippen LogP) is 3.20. The second kappa shape index (κ2) is 12.3. The largest absolute Gasteiger partial charge is 0.466 e. The van der Waals surface area contributed by atoms with Crippen LogP contribution in [0.25, 0.3) is 10.9 Å². The number of esters is 1. The van der Waals surface area contributed by atoms with Gasteiger partial charge in [-0.25, -0.2) is 0 Å². The number of hydrogen-bond acceptors (Lipinski definition) is 7. The molecule has 214 valence electrons. The lowest BCUT2D eigenvalue weighted by molar-refractivity contribution is -0.242. The molecule has 5 rings (SSSR count). The molecular weight excluding hydrogens is 536 g/mol. The van der Waals surface area contributed by atoms with Gasteiger partial charge in [-0.15, -0.1) is 0 Å². The van der Waals surface area contributed by atoms with Crippen molar-refractivity contribution in [2.45, 2.75) is 75.6 Å². The summed E-state index contributed by atoms with van der Waals surface area (Å²) in [5.74, 6) is -0.223. The second-order valence-corrected chi connectivity index (χ2v) is 10.9. The summed E-state index contributed by atoms with van der Waals surface area (Å²) in [6.07, 6.45) is -1.66. The lowest BCUT2D eigenvalue weighted by Gasteiger charge is -2.41. The van der Waals surface area contributed by atoms with Crippen LogP contribution in [0.2, 0.25) is 5.02 Å². The van der Waals surface area contributed by atoms with Crippen LogP contribution in [0, 0.1) is 0 Å². The number of carbonyl (C=O) groups is 2. The van der Waals surface area contributed by atoms with Crippen molar-refractivity contribution in [1.82, 2.24) is 9.88 Å². The van der Waals surface area contributed by atoms with Gasteiger partial charge in [-0.3, -0.25) is 9.59 Å². The lowest BCUT2D eigenvalue weighted by Crippen LogP contribution is -2.58. The first-order chi connectivity index (χ1) is 19.3. The van der Waals surface area contributed by atoms with Gasteiger partial charge in [0, 0.05) is 24.5 Å². The summed E-state index contributed by atoms with van der Waals surface area (Å²) in [6.45, 7) is 1.80. The maximum atomic E-state index is 12.3. The van der Waals surface area contributed by atoms with Crippen LogP contribution < -0.4 is 5.32 Å². The molecule has 4 N–H and O–H groups in total. The maximum absolute atomic E-state index is 12.3. The third kappa shape index (κ3) is 6.19. The smallest absolute Gasteiger partial charge is 0.306 e. The first kappa shape index (κ1) is 28.6. The maximum Gasteiger partial charge on any atom is 0.306 e. The molecule has 1 saturated heterocycles. The van der Waals surface area contributed by atoms with Crippen molar-refractivity contribution in [3.63, 3.8) is 0 Å². The van der Waals surface area contributed by atoms with Gasteiger partial charge in [0.05, 0.1) is 23.6 Å². The Bertz CT molecular complexity index is 1350. The van der Waals surface area contributed by atoms with E-state index in [1.54, 1.807) is 23.6 Å². The number of rotatable bonds is 10. The van der Waals surface area contributed by atoms with E-state index in [9.17, 15) is 24.9 Å². The summed E-state index contributed by atoms with van der Waals surface area (Å²) in [4.78, 5) is 23.8. The van der Waals surface area contributed by atoms with Gasteiger partial charge >= 0.3 is 5.97 Å². The van der Waals surface area contributed by atoms with E-state index in [-0.39, 0.29) is 26.0 Å². The van der Waals surface area contributed by atoms with E-state index in [1.807, 2.05) is 12.3 Å². The van der Waals surface area contributed by atoms with Crippen molar-refractivity contribution >= 4 is 34.4 Å². The van der Waals surface area contributed by atoms with E-state index in [0.717, 1.165) is 16.5 Å². The molecule has 1 aromatic heterocycles. The minimum absolute atomic E-state index is 0.0695. The van der Waals surface area contributed by atoms with Crippen LogP contribution in [0.5, 0.6) is 0 Å². The quantitative estimate of drug-likeness (QED) is 0.275. The third-order valence-electron chi connectivity index (χ3n) is 7.63. The van der Waals surface area contributed by atoms with E-state index < -0.39 is 42.5 Å². The van der Waals surface area contributed by atoms with E-state index in [1.165, 1.54) is 18.4 Å². The minimum atomic E-state index is -1.52. The summed E-state index contributed by atoms with van der Waals surface area (Å²) in [7, 11) is 0. The number of benzene rings is 2. The van der Waals surface area contributed by atoms with Gasteiger partial charge in [0.2, 0.25) is 5.91 Å². The molecule has 2 aliphatic rings. The van der Waals surface area contributed by atoms with Crippen molar-refractivity contribution in [2.24, 2.45) is 0 Å². The Morgan fingerprint density at radius 3 is 2.50 bits per heavy atom. The molecule has 1 amide bonds. The van der Waals surface area contributed by atoms with E-state index >= 15 is 0 Å². The van der Waals surface area contributed by atoms with E-state index in [0.29, 0.717) is 22.9 Å². The zero-order chi connectivity index (χ0) is 28.4. The molecule has 10 heteroatoms. The number of aromatic nitrogens is 1. The number of aliphatic hydroxyl groups is 3. The van der Waals surface area contributed by atoms with Crippen molar-refractivity contribution in [3.05, 3.63) is 70.4 Å². The van der Waals surface area contributed by atoms with Gasteiger partial charge < -0.3 is 34.7 Å². The van der Waals surface area contributed by atoms with Crippen molar-refractivity contribution in [2.75, 3.05) is 13.2 Å². The standard InChI is InChI=1S/C30H35ClN2O7/c1-2-39-25(35)13-12-24(34)32-15-23-27(36)28(37)29(38)30(40-23)33-16-20(26-21(31)4-3-5-22(26)33)14-17-6-8-18(9-7-17)19-10-11-19/h3-9,16,19,23,27-30,36-38H,2,10-15H2,1H3,(H,32,34)/t23-,27-,28+,29-,30-/m1/s1. The highest BCUT2D eigenvalue weighted by atomic mass is 35.5. The molecule has 3 aromatic rings. The third-order valence-corrected chi connectivity index (χ3v) is 7.95. The molecule has 9 nitrogen and oxygen atoms in total. The number of nitrogens with one attached hydrogen (secondary N) is 1. The molecule has 1 aliphatic carbocycles.